The molecular weight excluding hydrogens is 985 g/mol. The van der Waals surface area contributed by atoms with Crippen LogP contribution in [0.15, 0.2) is 102 Å². The molecule has 2 unspecified atom stereocenters. The van der Waals surface area contributed by atoms with Crippen molar-refractivity contribution in [3.8, 4) is 0 Å². The number of unbranched alkanes of at least 4 members (excludes halogenated alkanes) is 9. The Balaban J connectivity index is 1.84. The maximum Gasteiger partial charge on any atom is 0.481 e. The van der Waals surface area contributed by atoms with Crippen LogP contribution in [-0.4, -0.2) is 96.9 Å². The molecule has 73 heavy (non-hydrogen) atoms. The first-order chi connectivity index (χ1) is 35.1. The lowest BCUT2D eigenvalue weighted by Gasteiger charge is -2.21. The van der Waals surface area contributed by atoms with Gasteiger partial charge in [0.05, 0.1) is 19.3 Å². The number of ether oxygens (including phenoxy) is 3. The quantitative estimate of drug-likeness (QED) is 0.0154. The van der Waals surface area contributed by atoms with Gasteiger partial charge < -0.3 is 45.1 Å². The lowest BCUT2D eigenvalue weighted by Crippen LogP contribution is -2.36. The van der Waals surface area contributed by atoms with Gasteiger partial charge in [-0.2, -0.15) is 9.29 Å². The highest BCUT2D eigenvalue weighted by Gasteiger charge is 2.46. The van der Waals surface area contributed by atoms with E-state index in [0.29, 0.717) is 25.7 Å². The van der Waals surface area contributed by atoms with Crippen molar-refractivity contribution in [3.63, 3.8) is 0 Å². The van der Waals surface area contributed by atoms with Crippen LogP contribution < -0.4 is 11.4 Å². The van der Waals surface area contributed by atoms with E-state index >= 15 is 0 Å². The van der Waals surface area contributed by atoms with E-state index in [1.54, 1.807) is 0 Å². The smallest absolute Gasteiger partial charge is 0.462 e. The number of aliphatic hydroxyl groups is 3. The zero-order valence-electron chi connectivity index (χ0n) is 42.8. The van der Waals surface area contributed by atoms with Gasteiger partial charge in [0.1, 0.15) is 30.7 Å². The molecule has 21 heteroatoms. The van der Waals surface area contributed by atoms with Gasteiger partial charge in [-0.05, 0) is 89.5 Å². The van der Waals surface area contributed by atoms with Gasteiger partial charge in [-0.3, -0.25) is 23.2 Å². The number of hydrogen-bond acceptors (Lipinski definition) is 16. The summed E-state index contributed by atoms with van der Waals surface area (Å²) < 4.78 is 56.7. The molecular formula is C52H83N3O16P2. The van der Waals surface area contributed by atoms with Crippen molar-refractivity contribution in [1.29, 1.82) is 0 Å². The van der Waals surface area contributed by atoms with Gasteiger partial charge in [-0.15, -0.1) is 0 Å². The minimum atomic E-state index is -5.45. The number of esters is 2. The molecule has 412 valence electrons. The number of anilines is 1. The van der Waals surface area contributed by atoms with Crippen molar-refractivity contribution < 1.29 is 71.4 Å². The van der Waals surface area contributed by atoms with Gasteiger partial charge in [0.25, 0.3) is 0 Å². The first kappa shape index (κ1) is 65.0. The van der Waals surface area contributed by atoms with Crippen LogP contribution in [0.3, 0.4) is 0 Å². The molecule has 1 aromatic rings. The summed E-state index contributed by atoms with van der Waals surface area (Å²) in [6.45, 7) is 1.88. The van der Waals surface area contributed by atoms with Crippen LogP contribution in [0, 0.1) is 0 Å². The molecule has 1 aromatic heterocycles. The summed E-state index contributed by atoms with van der Waals surface area (Å²) in [7, 11) is -10.9. The van der Waals surface area contributed by atoms with Gasteiger partial charge in [-0.25, -0.2) is 13.9 Å². The lowest BCUT2D eigenvalue weighted by atomic mass is 10.1. The summed E-state index contributed by atoms with van der Waals surface area (Å²) in [5, 5.41) is 30.8. The molecule has 2 heterocycles. The number of allylic oxidation sites excluding steroid dienone is 13. The van der Waals surface area contributed by atoms with Crippen molar-refractivity contribution in [3.05, 3.63) is 108 Å². The zero-order chi connectivity index (χ0) is 53.6. The molecule has 1 aliphatic rings. The number of phosphoric ester groups is 2. The van der Waals surface area contributed by atoms with Crippen LogP contribution in [-0.2, 0) is 46.3 Å². The van der Waals surface area contributed by atoms with E-state index in [-0.39, 0.29) is 18.7 Å². The SMILES string of the molecule is CCCCC/C=C\C/C=C\C/C=C\CCCCCCC(=O)O[C@H](COC(=O)CCC/C=C\C/C=C\C/C=C\C/C=C\[C@@H](O)CCCC)COP(=O)(O)OP(=O)(O)OC[C@H]1O[C@@H](n2ccc(N)nc2=O)[C@H](O)[C@@H]1O. The Morgan fingerprint density at radius 3 is 1.85 bits per heavy atom. The number of aromatic nitrogens is 2. The van der Waals surface area contributed by atoms with Gasteiger partial charge in [0.15, 0.2) is 12.3 Å². The number of rotatable bonds is 41. The Morgan fingerprint density at radius 1 is 0.712 bits per heavy atom. The van der Waals surface area contributed by atoms with Crippen LogP contribution in [0.5, 0.6) is 0 Å². The third kappa shape index (κ3) is 32.1. The molecule has 0 aromatic carbocycles. The Kier molecular flexibility index (Phi) is 35.0. The molecule has 2 rings (SSSR count). The average molecular weight is 1070 g/mol. The fourth-order valence-electron chi connectivity index (χ4n) is 6.98. The first-order valence-corrected chi connectivity index (χ1v) is 28.7. The Labute approximate surface area is 431 Å². The van der Waals surface area contributed by atoms with E-state index in [4.69, 9.17) is 29.0 Å². The van der Waals surface area contributed by atoms with E-state index in [1.807, 2.05) is 42.5 Å². The molecule has 0 radical (unpaired) electrons. The molecule has 8 atom stereocenters. The summed E-state index contributed by atoms with van der Waals surface area (Å²) in [4.78, 5) is 61.9. The molecule has 1 aliphatic heterocycles. The monoisotopic (exact) mass is 1070 g/mol. The van der Waals surface area contributed by atoms with Gasteiger partial charge >= 0.3 is 33.3 Å². The molecule has 1 saturated heterocycles. The minimum Gasteiger partial charge on any atom is -0.462 e. The number of hydrogen-bond donors (Lipinski definition) is 6. The number of nitrogen functional groups attached to an aromatic ring is 1. The second-order valence-electron chi connectivity index (χ2n) is 17.5. The maximum atomic E-state index is 12.9. The van der Waals surface area contributed by atoms with E-state index in [1.165, 1.54) is 25.3 Å². The fourth-order valence-corrected chi connectivity index (χ4v) is 9.09. The summed E-state index contributed by atoms with van der Waals surface area (Å²) >= 11 is 0. The van der Waals surface area contributed by atoms with Crippen LogP contribution in [0.25, 0.3) is 0 Å². The summed E-state index contributed by atoms with van der Waals surface area (Å²) in [6, 6.07) is 1.24. The summed E-state index contributed by atoms with van der Waals surface area (Å²) in [5.74, 6) is -1.42. The number of nitrogens with two attached hydrogens (primary N) is 1. The molecule has 19 nitrogen and oxygen atoms in total. The summed E-state index contributed by atoms with van der Waals surface area (Å²) in [6.07, 6.45) is 38.6. The largest absolute Gasteiger partial charge is 0.481 e. The second kappa shape index (κ2) is 39.3. The van der Waals surface area contributed by atoms with E-state index in [0.717, 1.165) is 87.8 Å². The van der Waals surface area contributed by atoms with Crippen LogP contribution in [0.1, 0.15) is 155 Å². The van der Waals surface area contributed by atoms with Crippen molar-refractivity contribution in [1.82, 2.24) is 9.55 Å². The third-order valence-corrected chi connectivity index (χ3v) is 13.6. The number of carbonyl (C=O) groups is 2. The average Bonchev–Trinajstić information content (AvgIpc) is 3.62. The lowest BCUT2D eigenvalue weighted by molar-refractivity contribution is -0.161. The van der Waals surface area contributed by atoms with Crippen molar-refractivity contribution in [2.24, 2.45) is 0 Å². The maximum absolute atomic E-state index is 12.9. The molecule has 0 saturated carbocycles. The molecule has 7 N–H and O–H groups in total. The van der Waals surface area contributed by atoms with Crippen molar-refractivity contribution in [2.45, 2.75) is 185 Å². The Morgan fingerprint density at radius 2 is 1.25 bits per heavy atom. The molecule has 0 bridgehead atoms. The molecule has 0 amide bonds. The number of phosphoric acid groups is 2. The zero-order valence-corrected chi connectivity index (χ0v) is 44.6. The second-order valence-corrected chi connectivity index (χ2v) is 20.5. The topological polar surface area (TPSA) is 286 Å². The first-order valence-electron chi connectivity index (χ1n) is 25.7. The van der Waals surface area contributed by atoms with Crippen molar-refractivity contribution in [2.75, 3.05) is 25.6 Å². The van der Waals surface area contributed by atoms with Gasteiger partial charge in [-0.1, -0.05) is 137 Å². The van der Waals surface area contributed by atoms with E-state index in [2.05, 4.69) is 65.7 Å². The highest BCUT2D eigenvalue weighted by molar-refractivity contribution is 7.61. The minimum absolute atomic E-state index is 0.0000655. The number of carbonyl (C=O) groups excluding carboxylic acids is 2. The predicted octanol–water partition coefficient (Wildman–Crippen LogP) is 9.64. The Hall–Kier alpha value is -4.10. The van der Waals surface area contributed by atoms with Crippen LogP contribution in [0.2, 0.25) is 0 Å². The van der Waals surface area contributed by atoms with Crippen molar-refractivity contribution >= 4 is 33.4 Å². The highest BCUT2D eigenvalue weighted by atomic mass is 31.3. The van der Waals surface area contributed by atoms with E-state index in [9.17, 15) is 48.6 Å². The molecule has 1 fully saturated rings. The normalized spacial score (nSPS) is 20.1. The molecule has 0 aliphatic carbocycles. The van der Waals surface area contributed by atoms with Crippen LogP contribution in [0.4, 0.5) is 5.82 Å². The Bertz CT molecular complexity index is 2070. The number of nitrogens with zero attached hydrogens (tertiary/aromatic N) is 2. The summed E-state index contributed by atoms with van der Waals surface area (Å²) in [5.41, 5.74) is 4.58. The standard InChI is InChI=1S/C52H83N3O16P2/c1-3-5-7-8-9-10-11-12-13-14-15-16-21-24-27-30-33-37-48(58)69-44(40-66-47(57)36-32-29-26-23-20-18-17-19-22-25-28-31-35-43(56)34-6-4-2)41-67-72(62,63)71-73(64,65)68-42-45-49(59)50(60)51(70-45)55-39-38-46(53)54-52(55)61/h9-10,12-13,15-18,22-23,25-26,31,35,38-39,43-45,49-51,56,59-60H,3-8,11,14,19-21,24,27-30,32-34,36-37,40-42H2,1-2H3,(H,62,63)(H,64,65)(H2,53,54,61)/b10-9-,13-12-,16-15-,18-17-,25-22-,26-23-,35-31-/t43-,44+,45+,49+,50+,51+/m0/s1. The van der Waals surface area contributed by atoms with Gasteiger partial charge in [0.2, 0.25) is 0 Å². The van der Waals surface area contributed by atoms with Crippen LogP contribution >= 0.6 is 15.6 Å². The predicted molar refractivity (Wildman–Crippen MR) is 281 cm³/mol. The van der Waals surface area contributed by atoms with Gasteiger partial charge in [0, 0.05) is 19.0 Å². The fraction of sp³-hybridized carbons (Fsp3) is 0.615. The third-order valence-electron chi connectivity index (χ3n) is 11.0. The van der Waals surface area contributed by atoms with E-state index < -0.39 is 89.8 Å². The molecule has 0 spiro atoms. The highest BCUT2D eigenvalue weighted by Crippen LogP contribution is 2.60. The number of aliphatic hydroxyl groups excluding tert-OH is 3.